The SMILES string of the molecule is CC(C)(C)C(=O)C(=O)N1CSC[C@H]1C(=O)N[C@@H](CSCC1CCCCC1)C(=O)NC1CCN(Cc2ccccc2)CC1.Cl. The lowest BCUT2D eigenvalue weighted by molar-refractivity contribution is -0.150. The van der Waals surface area contributed by atoms with Crippen LogP contribution in [0.5, 0.6) is 0 Å². The van der Waals surface area contributed by atoms with E-state index in [1.165, 1.54) is 54.3 Å². The summed E-state index contributed by atoms with van der Waals surface area (Å²) in [5, 5.41) is 6.22. The highest BCUT2D eigenvalue weighted by Gasteiger charge is 2.41. The first-order valence-electron chi connectivity index (χ1n) is 15.5. The minimum Gasteiger partial charge on any atom is -0.351 e. The molecule has 3 aliphatic rings. The fourth-order valence-electron chi connectivity index (χ4n) is 5.85. The van der Waals surface area contributed by atoms with E-state index in [9.17, 15) is 19.2 Å². The van der Waals surface area contributed by atoms with Gasteiger partial charge in [-0.2, -0.15) is 11.8 Å². The molecular weight excluding hydrogens is 604 g/mol. The van der Waals surface area contributed by atoms with Gasteiger partial charge in [0.25, 0.3) is 5.91 Å². The van der Waals surface area contributed by atoms with Gasteiger partial charge in [-0.3, -0.25) is 24.1 Å². The second kappa shape index (κ2) is 17.1. The number of rotatable bonds is 11. The first kappa shape index (κ1) is 35.7. The smallest absolute Gasteiger partial charge is 0.291 e. The normalized spacial score (nSPS) is 21.1. The quantitative estimate of drug-likeness (QED) is 0.340. The molecule has 0 unspecified atom stereocenters. The van der Waals surface area contributed by atoms with Crippen molar-refractivity contribution >= 4 is 59.4 Å². The Morgan fingerprint density at radius 2 is 1.67 bits per heavy atom. The van der Waals surface area contributed by atoms with Crippen molar-refractivity contribution in [2.75, 3.05) is 36.2 Å². The van der Waals surface area contributed by atoms with Crippen LogP contribution in [-0.2, 0) is 25.7 Å². The summed E-state index contributed by atoms with van der Waals surface area (Å²) >= 11 is 3.19. The molecule has 2 saturated heterocycles. The molecule has 2 aliphatic heterocycles. The van der Waals surface area contributed by atoms with Gasteiger partial charge in [-0.25, -0.2) is 0 Å². The number of nitrogens with zero attached hydrogens (tertiary/aromatic N) is 2. The van der Waals surface area contributed by atoms with Crippen molar-refractivity contribution in [3.63, 3.8) is 0 Å². The summed E-state index contributed by atoms with van der Waals surface area (Å²) in [7, 11) is 0. The Hall–Kier alpha value is -1.75. The molecule has 2 heterocycles. The van der Waals surface area contributed by atoms with E-state index in [0.717, 1.165) is 38.2 Å². The second-order valence-corrected chi connectivity index (χ2v) is 15.1. The highest BCUT2D eigenvalue weighted by molar-refractivity contribution is 7.99. The van der Waals surface area contributed by atoms with Gasteiger partial charge in [0.15, 0.2) is 0 Å². The van der Waals surface area contributed by atoms with Crippen LogP contribution < -0.4 is 10.6 Å². The highest BCUT2D eigenvalue weighted by atomic mass is 35.5. The van der Waals surface area contributed by atoms with E-state index in [-0.39, 0.29) is 30.3 Å². The number of benzene rings is 1. The number of hydrogen-bond donors (Lipinski definition) is 2. The summed E-state index contributed by atoms with van der Waals surface area (Å²) < 4.78 is 0. The maximum Gasteiger partial charge on any atom is 0.291 e. The molecule has 0 bridgehead atoms. The molecule has 3 fully saturated rings. The first-order valence-corrected chi connectivity index (χ1v) is 17.8. The molecule has 2 N–H and O–H groups in total. The Morgan fingerprint density at radius 1 is 1.00 bits per heavy atom. The van der Waals surface area contributed by atoms with Gasteiger partial charge < -0.3 is 15.5 Å². The molecular formula is C32H49ClN4O4S2. The molecule has 1 saturated carbocycles. The lowest BCUT2D eigenvalue weighted by Gasteiger charge is -2.33. The van der Waals surface area contributed by atoms with E-state index in [4.69, 9.17) is 0 Å². The lowest BCUT2D eigenvalue weighted by atomic mass is 9.90. The number of carbonyl (C=O) groups is 4. The van der Waals surface area contributed by atoms with E-state index in [1.54, 1.807) is 32.5 Å². The average molecular weight is 653 g/mol. The number of amides is 3. The standard InChI is InChI=1S/C32H48N4O4S2.ClH/c1-32(2,3)28(37)31(40)36-22-42-21-27(36)30(39)34-26(20-41-19-24-12-8-5-9-13-24)29(38)33-25-14-16-35(17-15-25)18-23-10-6-4-7-11-23;/h4,6-7,10-11,24-27H,5,8-9,12-22H2,1-3H3,(H,33,38)(H,34,39);1H/t26-,27-;/m0./s1. The van der Waals surface area contributed by atoms with Gasteiger partial charge in [0.05, 0.1) is 5.88 Å². The third-order valence-electron chi connectivity index (χ3n) is 8.50. The molecule has 0 radical (unpaired) electrons. The third kappa shape index (κ3) is 10.7. The number of piperidine rings is 1. The van der Waals surface area contributed by atoms with Gasteiger partial charge in [0, 0.05) is 42.6 Å². The van der Waals surface area contributed by atoms with Crippen LogP contribution in [0.15, 0.2) is 30.3 Å². The summed E-state index contributed by atoms with van der Waals surface area (Å²) in [6.07, 6.45) is 8.04. The van der Waals surface area contributed by atoms with Gasteiger partial charge >= 0.3 is 0 Å². The van der Waals surface area contributed by atoms with E-state index in [1.807, 2.05) is 6.07 Å². The maximum absolute atomic E-state index is 13.6. The number of thioether (sulfide) groups is 2. The fourth-order valence-corrected chi connectivity index (χ4v) is 8.27. The van der Waals surface area contributed by atoms with Crippen LogP contribution in [0.2, 0.25) is 0 Å². The van der Waals surface area contributed by atoms with Crippen molar-refractivity contribution in [3.8, 4) is 0 Å². The zero-order valence-electron chi connectivity index (χ0n) is 25.8. The van der Waals surface area contributed by atoms with Crippen molar-refractivity contribution in [2.45, 2.75) is 90.4 Å². The van der Waals surface area contributed by atoms with Gasteiger partial charge in [0.2, 0.25) is 17.6 Å². The Kier molecular flexibility index (Phi) is 14.2. The van der Waals surface area contributed by atoms with E-state index >= 15 is 0 Å². The molecule has 2 atom stereocenters. The second-order valence-electron chi connectivity index (χ2n) is 13.0. The summed E-state index contributed by atoms with van der Waals surface area (Å²) in [6.45, 7) is 7.85. The number of Topliss-reactive ketones (excluding diaryl/α,β-unsaturated/α-hetero) is 1. The Bertz CT molecular complexity index is 1070. The van der Waals surface area contributed by atoms with Crippen molar-refractivity contribution in [3.05, 3.63) is 35.9 Å². The molecule has 0 spiro atoms. The van der Waals surface area contributed by atoms with Crippen LogP contribution >= 0.6 is 35.9 Å². The summed E-state index contributed by atoms with van der Waals surface area (Å²) in [6, 6.07) is 9.06. The van der Waals surface area contributed by atoms with E-state index < -0.39 is 29.2 Å². The van der Waals surface area contributed by atoms with Gasteiger partial charge in [-0.05, 0) is 42.9 Å². The number of ketones is 1. The Balaban J connectivity index is 0.00000506. The van der Waals surface area contributed by atoms with Gasteiger partial charge in [-0.1, -0.05) is 70.4 Å². The molecule has 3 amide bonds. The maximum atomic E-state index is 13.6. The van der Waals surface area contributed by atoms with Crippen LogP contribution in [0.3, 0.4) is 0 Å². The molecule has 1 aromatic rings. The van der Waals surface area contributed by atoms with Crippen LogP contribution in [-0.4, -0.2) is 87.7 Å². The molecule has 0 aromatic heterocycles. The minimum atomic E-state index is -0.819. The van der Waals surface area contributed by atoms with Crippen molar-refractivity contribution in [1.82, 2.24) is 20.4 Å². The first-order chi connectivity index (χ1) is 20.1. The molecule has 4 rings (SSSR count). The summed E-state index contributed by atoms with van der Waals surface area (Å²) in [5.41, 5.74) is 0.472. The molecule has 1 aromatic carbocycles. The summed E-state index contributed by atoms with van der Waals surface area (Å²) in [5.74, 6) is 1.23. The van der Waals surface area contributed by atoms with Crippen molar-refractivity contribution in [2.24, 2.45) is 11.3 Å². The molecule has 11 heteroatoms. The van der Waals surface area contributed by atoms with Crippen LogP contribution in [0.25, 0.3) is 0 Å². The van der Waals surface area contributed by atoms with Crippen molar-refractivity contribution < 1.29 is 19.2 Å². The van der Waals surface area contributed by atoms with Crippen molar-refractivity contribution in [1.29, 1.82) is 0 Å². The largest absolute Gasteiger partial charge is 0.351 e. The molecule has 8 nitrogen and oxygen atoms in total. The van der Waals surface area contributed by atoms with Gasteiger partial charge in [-0.15, -0.1) is 24.2 Å². The van der Waals surface area contributed by atoms with E-state index in [2.05, 4.69) is 39.8 Å². The topological polar surface area (TPSA) is 98.8 Å². The van der Waals surface area contributed by atoms with Crippen LogP contribution in [0.4, 0.5) is 0 Å². The van der Waals surface area contributed by atoms with Gasteiger partial charge in [0.1, 0.15) is 12.1 Å². The average Bonchev–Trinajstić information content (AvgIpc) is 3.48. The minimum absolute atomic E-state index is 0. The monoisotopic (exact) mass is 652 g/mol. The predicted molar refractivity (Wildman–Crippen MR) is 178 cm³/mol. The van der Waals surface area contributed by atoms with Crippen LogP contribution in [0, 0.1) is 11.3 Å². The number of halogens is 1. The molecule has 43 heavy (non-hydrogen) atoms. The fraction of sp³-hybridized carbons (Fsp3) is 0.688. The zero-order chi connectivity index (χ0) is 30.1. The third-order valence-corrected chi connectivity index (χ3v) is 10.8. The molecule has 1 aliphatic carbocycles. The van der Waals surface area contributed by atoms with E-state index in [0.29, 0.717) is 23.3 Å². The van der Waals surface area contributed by atoms with Crippen LogP contribution in [0.1, 0.15) is 71.3 Å². The number of hydrogen-bond acceptors (Lipinski definition) is 7. The zero-order valence-corrected chi connectivity index (χ0v) is 28.3. The number of nitrogens with one attached hydrogen (secondary N) is 2. The summed E-state index contributed by atoms with van der Waals surface area (Å²) in [4.78, 5) is 56.5. The Labute approximate surface area is 272 Å². The predicted octanol–water partition coefficient (Wildman–Crippen LogP) is 4.50. The number of carbonyl (C=O) groups excluding carboxylic acids is 4. The number of likely N-dealkylation sites (tertiary alicyclic amines) is 1. The highest BCUT2D eigenvalue weighted by Crippen LogP contribution is 2.28. The molecule has 240 valence electrons. The Morgan fingerprint density at radius 3 is 2.33 bits per heavy atom. The lowest BCUT2D eigenvalue weighted by Crippen LogP contribution is -2.57.